The van der Waals surface area contributed by atoms with Crippen LogP contribution in [0.25, 0.3) is 11.3 Å². The van der Waals surface area contributed by atoms with Gasteiger partial charge in [-0.05, 0) is 53.9 Å². The number of aromatic nitrogens is 1. The Kier molecular flexibility index (Phi) is 9.22. The average molecular weight is 543 g/mol. The van der Waals surface area contributed by atoms with E-state index >= 15 is 0 Å². The minimum atomic E-state index is 0.561. The maximum atomic E-state index is 6.63. The second-order valence-electron chi connectivity index (χ2n) is 8.12. The molecule has 0 bridgehead atoms. The highest BCUT2D eigenvalue weighted by atomic mass is 35.5. The lowest BCUT2D eigenvalue weighted by Gasteiger charge is -2.23. The van der Waals surface area contributed by atoms with E-state index < -0.39 is 0 Å². The van der Waals surface area contributed by atoms with Crippen molar-refractivity contribution in [3.63, 3.8) is 0 Å². The Hall–Kier alpha value is -2.37. The van der Waals surface area contributed by atoms with Crippen molar-refractivity contribution in [2.45, 2.75) is 13.3 Å². The molecule has 0 aliphatic carbocycles. The van der Waals surface area contributed by atoms with Gasteiger partial charge in [0.15, 0.2) is 0 Å². The summed E-state index contributed by atoms with van der Waals surface area (Å²) < 4.78 is 0. The van der Waals surface area contributed by atoms with Crippen LogP contribution in [-0.2, 0) is 6.42 Å². The molecule has 1 heterocycles. The molecule has 0 saturated heterocycles. The Morgan fingerprint density at radius 1 is 0.971 bits per heavy atom. The van der Waals surface area contributed by atoms with Crippen LogP contribution in [0.15, 0.2) is 77.1 Å². The Morgan fingerprint density at radius 3 is 2.43 bits per heavy atom. The molecular weight excluding hydrogens is 517 g/mol. The number of halogens is 3. The molecule has 180 valence electrons. The zero-order valence-corrected chi connectivity index (χ0v) is 22.5. The fourth-order valence-corrected chi connectivity index (χ4v) is 5.31. The minimum Gasteiger partial charge on any atom is -0.369 e. The van der Waals surface area contributed by atoms with E-state index in [-0.39, 0.29) is 0 Å². The average Bonchev–Trinajstić information content (AvgIpc) is 3.32. The van der Waals surface area contributed by atoms with Crippen molar-refractivity contribution < 1.29 is 0 Å². The van der Waals surface area contributed by atoms with Gasteiger partial charge in [0.1, 0.15) is 0 Å². The van der Waals surface area contributed by atoms with Crippen molar-refractivity contribution in [2.24, 2.45) is 4.99 Å². The highest BCUT2D eigenvalue weighted by Gasteiger charge is 2.10. The highest BCUT2D eigenvalue weighted by Crippen LogP contribution is 2.32. The van der Waals surface area contributed by atoms with Crippen LogP contribution < -0.4 is 4.90 Å². The van der Waals surface area contributed by atoms with E-state index in [2.05, 4.69) is 52.5 Å². The minimum absolute atomic E-state index is 0.561. The third-order valence-corrected chi connectivity index (χ3v) is 7.16. The Morgan fingerprint density at radius 2 is 1.74 bits per heavy atom. The number of alkyl halides is 2. The van der Waals surface area contributed by atoms with Gasteiger partial charge in [0.05, 0.1) is 21.4 Å². The van der Waals surface area contributed by atoms with E-state index in [4.69, 9.17) is 39.8 Å². The molecule has 3 nitrogen and oxygen atoms in total. The third-order valence-electron chi connectivity index (χ3n) is 5.66. The number of aryl methyl sites for hydroxylation is 1. The van der Waals surface area contributed by atoms with Crippen LogP contribution in [0.5, 0.6) is 0 Å². The van der Waals surface area contributed by atoms with E-state index in [1.807, 2.05) is 42.6 Å². The van der Waals surface area contributed by atoms with Crippen LogP contribution in [0.2, 0.25) is 5.02 Å². The summed E-state index contributed by atoms with van der Waals surface area (Å²) in [5.74, 6) is 1.12. The summed E-state index contributed by atoms with van der Waals surface area (Å²) in [5, 5.41) is 3.77. The fraction of sp³-hybridized carbons (Fsp3) is 0.214. The number of hydrogen-bond acceptors (Lipinski definition) is 4. The molecular formula is C28H26Cl3N3S. The van der Waals surface area contributed by atoms with Crippen LogP contribution in [0.3, 0.4) is 0 Å². The second kappa shape index (κ2) is 12.5. The smallest absolute Gasteiger partial charge is 0.0976 e. The molecule has 0 aliphatic rings. The molecule has 0 unspecified atom stereocenters. The monoisotopic (exact) mass is 541 g/mol. The van der Waals surface area contributed by atoms with Crippen LogP contribution in [0, 0.1) is 6.92 Å². The molecule has 4 rings (SSSR count). The molecule has 0 radical (unpaired) electrons. The Balaban J connectivity index is 1.47. The number of benzene rings is 3. The molecule has 3 aromatic carbocycles. The lowest BCUT2D eigenvalue weighted by molar-refractivity contribution is 0.873. The van der Waals surface area contributed by atoms with Crippen LogP contribution in [0.1, 0.15) is 21.7 Å². The molecule has 0 aliphatic heterocycles. The molecule has 1 aromatic heterocycles. The predicted octanol–water partition coefficient (Wildman–Crippen LogP) is 8.40. The number of nitrogens with zero attached hydrogens (tertiary/aromatic N) is 3. The van der Waals surface area contributed by atoms with Crippen molar-refractivity contribution in [3.05, 3.63) is 98.8 Å². The van der Waals surface area contributed by atoms with E-state index in [0.717, 1.165) is 58.3 Å². The molecule has 0 fully saturated rings. The van der Waals surface area contributed by atoms with E-state index in [1.54, 1.807) is 11.3 Å². The fourth-order valence-electron chi connectivity index (χ4n) is 3.80. The number of rotatable bonds is 10. The largest absolute Gasteiger partial charge is 0.369 e. The zero-order valence-electron chi connectivity index (χ0n) is 19.4. The van der Waals surface area contributed by atoms with Gasteiger partial charge in [0.25, 0.3) is 0 Å². The summed E-state index contributed by atoms with van der Waals surface area (Å²) >= 11 is 20.2. The van der Waals surface area contributed by atoms with Crippen LogP contribution >= 0.6 is 46.1 Å². The first-order chi connectivity index (χ1) is 17.1. The van der Waals surface area contributed by atoms with Crippen molar-refractivity contribution in [1.29, 1.82) is 0 Å². The SMILES string of the molecule is Cc1cc(N(CCCl)CCCl)ccc1C=Nc1ccc(-c2csc(Cc3ccccc3)n2)c(Cl)c1. The predicted molar refractivity (Wildman–Crippen MR) is 154 cm³/mol. The van der Waals surface area contributed by atoms with Gasteiger partial charge in [-0.1, -0.05) is 48.0 Å². The summed E-state index contributed by atoms with van der Waals surface area (Å²) in [5.41, 5.74) is 7.16. The first-order valence-electron chi connectivity index (χ1n) is 11.4. The van der Waals surface area contributed by atoms with E-state index in [0.29, 0.717) is 16.8 Å². The maximum absolute atomic E-state index is 6.63. The van der Waals surface area contributed by atoms with Crippen molar-refractivity contribution >= 4 is 63.7 Å². The van der Waals surface area contributed by atoms with Gasteiger partial charge >= 0.3 is 0 Å². The van der Waals surface area contributed by atoms with Gasteiger partial charge in [-0.15, -0.1) is 34.5 Å². The zero-order chi connectivity index (χ0) is 24.6. The summed E-state index contributed by atoms with van der Waals surface area (Å²) in [4.78, 5) is 11.6. The van der Waals surface area contributed by atoms with Crippen LogP contribution in [0.4, 0.5) is 11.4 Å². The van der Waals surface area contributed by atoms with Crippen molar-refractivity contribution in [2.75, 3.05) is 29.7 Å². The molecule has 35 heavy (non-hydrogen) atoms. The Bertz CT molecular complexity index is 1280. The van der Waals surface area contributed by atoms with Gasteiger partial charge in [-0.25, -0.2) is 4.98 Å². The second-order valence-corrected chi connectivity index (χ2v) is 10.2. The standard InChI is InChI=1S/C28H26Cl3N3S/c1-20-15-24(34(13-11-29)14-12-30)9-7-22(20)18-32-23-8-10-25(26(31)17-23)27-19-35-28(33-27)16-21-5-3-2-4-6-21/h2-10,15,17-19H,11-14,16H2,1H3. The number of anilines is 1. The van der Waals surface area contributed by atoms with Gasteiger partial charge in [0, 0.05) is 54.1 Å². The molecule has 7 heteroatoms. The number of thiazole rings is 1. The number of aliphatic imine (C=N–C) groups is 1. The molecule has 0 saturated carbocycles. The summed E-state index contributed by atoms with van der Waals surface area (Å²) in [6.07, 6.45) is 2.69. The first kappa shape index (κ1) is 25.7. The molecule has 0 spiro atoms. The summed E-state index contributed by atoms with van der Waals surface area (Å²) in [7, 11) is 0. The quantitative estimate of drug-likeness (QED) is 0.149. The van der Waals surface area contributed by atoms with Gasteiger partial charge in [-0.2, -0.15) is 0 Å². The number of hydrogen-bond donors (Lipinski definition) is 0. The van der Waals surface area contributed by atoms with E-state index in [9.17, 15) is 0 Å². The van der Waals surface area contributed by atoms with E-state index in [1.165, 1.54) is 5.56 Å². The molecule has 0 atom stereocenters. The lowest BCUT2D eigenvalue weighted by atomic mass is 10.1. The highest BCUT2D eigenvalue weighted by molar-refractivity contribution is 7.10. The van der Waals surface area contributed by atoms with Gasteiger partial charge in [-0.3, -0.25) is 4.99 Å². The topological polar surface area (TPSA) is 28.5 Å². The maximum Gasteiger partial charge on any atom is 0.0976 e. The lowest BCUT2D eigenvalue weighted by Crippen LogP contribution is -2.27. The Labute approximate surface area is 226 Å². The van der Waals surface area contributed by atoms with Crippen molar-refractivity contribution in [1.82, 2.24) is 4.98 Å². The summed E-state index contributed by atoms with van der Waals surface area (Å²) in [6.45, 7) is 3.60. The molecule has 4 aromatic rings. The molecule has 0 N–H and O–H groups in total. The molecule has 0 amide bonds. The first-order valence-corrected chi connectivity index (χ1v) is 13.7. The third kappa shape index (κ3) is 6.86. The summed E-state index contributed by atoms with van der Waals surface area (Å²) in [6, 6.07) is 22.5. The van der Waals surface area contributed by atoms with Gasteiger partial charge < -0.3 is 4.90 Å². The van der Waals surface area contributed by atoms with Crippen molar-refractivity contribution in [3.8, 4) is 11.3 Å². The van der Waals surface area contributed by atoms with Crippen LogP contribution in [-0.4, -0.2) is 36.0 Å². The normalized spacial score (nSPS) is 11.3. The van der Waals surface area contributed by atoms with Gasteiger partial charge in [0.2, 0.25) is 0 Å².